The van der Waals surface area contributed by atoms with Crippen molar-refractivity contribution in [2.75, 3.05) is 20.3 Å². The number of nitrogens with zero attached hydrogens (tertiary/aromatic N) is 2. The maximum atomic E-state index is 10.9. The summed E-state index contributed by atoms with van der Waals surface area (Å²) >= 11 is 0. The van der Waals surface area contributed by atoms with Gasteiger partial charge < -0.3 is 15.2 Å². The van der Waals surface area contributed by atoms with Crippen molar-refractivity contribution in [3.05, 3.63) is 12.4 Å². The van der Waals surface area contributed by atoms with E-state index in [1.807, 2.05) is 0 Å². The fourth-order valence-electron chi connectivity index (χ4n) is 0.879. The molecule has 0 saturated heterocycles. The van der Waals surface area contributed by atoms with Gasteiger partial charge in [-0.3, -0.25) is 9.48 Å². The zero-order valence-electron chi connectivity index (χ0n) is 7.97. The second kappa shape index (κ2) is 5.23. The van der Waals surface area contributed by atoms with Crippen molar-refractivity contribution in [2.45, 2.75) is 6.54 Å². The summed E-state index contributed by atoms with van der Waals surface area (Å²) in [6.07, 6.45) is 3.14. The first kappa shape index (κ1) is 10.5. The number of hydrogen-bond donors (Lipinski definition) is 1. The third-order valence-electron chi connectivity index (χ3n) is 1.51. The van der Waals surface area contributed by atoms with Crippen LogP contribution in [0.2, 0.25) is 0 Å². The number of methoxy groups -OCH3 is 1. The number of esters is 1. The van der Waals surface area contributed by atoms with Crippen LogP contribution in [0.4, 0.5) is 0 Å². The van der Waals surface area contributed by atoms with Crippen LogP contribution < -0.4 is 10.5 Å². The van der Waals surface area contributed by atoms with E-state index in [-0.39, 0.29) is 12.5 Å². The normalized spacial score (nSPS) is 9.86. The molecular weight excluding hydrogens is 186 g/mol. The van der Waals surface area contributed by atoms with E-state index < -0.39 is 0 Å². The van der Waals surface area contributed by atoms with Crippen molar-refractivity contribution in [1.82, 2.24) is 9.78 Å². The Morgan fingerprint density at radius 2 is 2.50 bits per heavy atom. The molecule has 1 aromatic heterocycles. The van der Waals surface area contributed by atoms with Crippen LogP contribution in [0, 0.1) is 0 Å². The van der Waals surface area contributed by atoms with E-state index in [0.717, 1.165) is 0 Å². The fourth-order valence-corrected chi connectivity index (χ4v) is 0.879. The van der Waals surface area contributed by atoms with E-state index in [1.165, 1.54) is 18.0 Å². The summed E-state index contributed by atoms with van der Waals surface area (Å²) in [6.45, 7) is 0.967. The highest BCUT2D eigenvalue weighted by Gasteiger charge is 2.04. The summed E-state index contributed by atoms with van der Waals surface area (Å²) in [5.74, 6) is 0.248. The van der Waals surface area contributed by atoms with Gasteiger partial charge in [0.15, 0.2) is 5.75 Å². The Kier molecular flexibility index (Phi) is 3.93. The minimum absolute atomic E-state index is 0.0858. The largest absolute Gasteiger partial charge is 0.489 e. The molecule has 0 aromatic carbocycles. The zero-order valence-corrected chi connectivity index (χ0v) is 7.97. The monoisotopic (exact) mass is 199 g/mol. The van der Waals surface area contributed by atoms with Crippen LogP contribution in [0.5, 0.6) is 5.75 Å². The number of nitrogens with two attached hydrogens (primary N) is 1. The zero-order chi connectivity index (χ0) is 10.4. The Balaban J connectivity index is 2.46. The first-order chi connectivity index (χ1) is 6.76. The summed E-state index contributed by atoms with van der Waals surface area (Å²) in [7, 11) is 1.33. The highest BCUT2D eigenvalue weighted by atomic mass is 16.5. The van der Waals surface area contributed by atoms with Gasteiger partial charge in [0.05, 0.1) is 19.5 Å². The average Bonchev–Trinajstić information content (AvgIpc) is 2.62. The lowest BCUT2D eigenvalue weighted by Gasteiger charge is -1.99. The molecule has 0 saturated carbocycles. The molecular formula is C8H13N3O3. The lowest BCUT2D eigenvalue weighted by atomic mass is 10.6. The van der Waals surface area contributed by atoms with Gasteiger partial charge >= 0.3 is 5.97 Å². The van der Waals surface area contributed by atoms with Gasteiger partial charge in [0.2, 0.25) is 0 Å². The van der Waals surface area contributed by atoms with Crippen molar-refractivity contribution in [1.29, 1.82) is 0 Å². The first-order valence-electron chi connectivity index (χ1n) is 4.18. The molecule has 6 heteroatoms. The van der Waals surface area contributed by atoms with Gasteiger partial charge in [0, 0.05) is 6.54 Å². The van der Waals surface area contributed by atoms with Crippen LogP contribution >= 0.6 is 0 Å². The second-order valence-electron chi connectivity index (χ2n) is 2.59. The Labute approximate surface area is 81.6 Å². The van der Waals surface area contributed by atoms with Gasteiger partial charge in [-0.25, -0.2) is 0 Å². The molecule has 0 atom stereocenters. The van der Waals surface area contributed by atoms with E-state index in [9.17, 15) is 4.79 Å². The lowest BCUT2D eigenvalue weighted by Crippen LogP contribution is -2.12. The van der Waals surface area contributed by atoms with Gasteiger partial charge in [0.25, 0.3) is 0 Å². The molecule has 0 radical (unpaired) electrons. The maximum absolute atomic E-state index is 10.9. The topological polar surface area (TPSA) is 79.4 Å². The van der Waals surface area contributed by atoms with Gasteiger partial charge in [-0.1, -0.05) is 0 Å². The minimum atomic E-state index is -0.349. The number of rotatable bonds is 5. The summed E-state index contributed by atoms with van der Waals surface area (Å²) in [5.41, 5.74) is 5.26. The predicted molar refractivity (Wildman–Crippen MR) is 48.8 cm³/mol. The number of hydrogen-bond acceptors (Lipinski definition) is 5. The molecule has 0 aliphatic heterocycles. The standard InChI is InChI=1S/C8H13N3O3/c1-13-8(12)6-11-5-7(4-10-11)14-3-2-9/h4-5H,2-3,6,9H2,1H3. The summed E-state index contributed by atoms with van der Waals surface area (Å²) in [5, 5.41) is 3.91. The van der Waals surface area contributed by atoms with Gasteiger partial charge in [0.1, 0.15) is 13.2 Å². The van der Waals surface area contributed by atoms with Crippen molar-refractivity contribution < 1.29 is 14.3 Å². The van der Waals surface area contributed by atoms with Crippen LogP contribution in [0.1, 0.15) is 0 Å². The molecule has 0 fully saturated rings. The Hall–Kier alpha value is -1.56. The van der Waals surface area contributed by atoms with Gasteiger partial charge in [-0.2, -0.15) is 5.10 Å². The molecule has 0 unspecified atom stereocenters. The van der Waals surface area contributed by atoms with E-state index >= 15 is 0 Å². The molecule has 14 heavy (non-hydrogen) atoms. The molecule has 78 valence electrons. The Morgan fingerprint density at radius 3 is 3.14 bits per heavy atom. The Morgan fingerprint density at radius 1 is 1.71 bits per heavy atom. The maximum Gasteiger partial charge on any atom is 0.327 e. The van der Waals surface area contributed by atoms with Crippen LogP contribution in [-0.2, 0) is 16.1 Å². The third kappa shape index (κ3) is 3.06. The molecule has 0 bridgehead atoms. The highest BCUT2D eigenvalue weighted by Crippen LogP contribution is 2.07. The molecule has 1 rings (SSSR count). The molecule has 0 aliphatic carbocycles. The Bertz CT molecular complexity index is 298. The average molecular weight is 199 g/mol. The smallest absolute Gasteiger partial charge is 0.327 e. The van der Waals surface area contributed by atoms with E-state index in [0.29, 0.717) is 18.9 Å². The van der Waals surface area contributed by atoms with Crippen molar-refractivity contribution in [2.24, 2.45) is 5.73 Å². The number of aromatic nitrogens is 2. The van der Waals surface area contributed by atoms with E-state index in [2.05, 4.69) is 9.84 Å². The van der Waals surface area contributed by atoms with Crippen LogP contribution in [0.3, 0.4) is 0 Å². The van der Waals surface area contributed by atoms with E-state index in [4.69, 9.17) is 10.5 Å². The minimum Gasteiger partial charge on any atom is -0.489 e. The highest BCUT2D eigenvalue weighted by molar-refractivity contribution is 5.68. The molecule has 2 N–H and O–H groups in total. The molecule has 6 nitrogen and oxygen atoms in total. The molecule has 1 heterocycles. The number of carbonyl (C=O) groups is 1. The first-order valence-corrected chi connectivity index (χ1v) is 4.18. The van der Waals surface area contributed by atoms with Crippen molar-refractivity contribution in [3.8, 4) is 5.75 Å². The quantitative estimate of drug-likeness (QED) is 0.640. The van der Waals surface area contributed by atoms with Crippen molar-refractivity contribution >= 4 is 5.97 Å². The lowest BCUT2D eigenvalue weighted by molar-refractivity contribution is -0.141. The van der Waals surface area contributed by atoms with Crippen LogP contribution in [-0.4, -0.2) is 36.0 Å². The van der Waals surface area contributed by atoms with Gasteiger partial charge in [-0.15, -0.1) is 0 Å². The summed E-state index contributed by atoms with van der Waals surface area (Å²) in [4.78, 5) is 10.9. The third-order valence-corrected chi connectivity index (χ3v) is 1.51. The molecule has 0 spiro atoms. The number of ether oxygens (including phenoxy) is 2. The van der Waals surface area contributed by atoms with E-state index in [1.54, 1.807) is 6.20 Å². The SMILES string of the molecule is COC(=O)Cn1cc(OCCN)cn1. The molecule has 0 amide bonds. The van der Waals surface area contributed by atoms with Crippen molar-refractivity contribution in [3.63, 3.8) is 0 Å². The molecule has 1 aromatic rings. The van der Waals surface area contributed by atoms with Crippen LogP contribution in [0.15, 0.2) is 12.4 Å². The predicted octanol–water partition coefficient (Wildman–Crippen LogP) is -0.606. The number of carbonyl (C=O) groups excluding carboxylic acids is 1. The molecule has 0 aliphatic rings. The summed E-state index contributed by atoms with van der Waals surface area (Å²) in [6, 6.07) is 0. The summed E-state index contributed by atoms with van der Waals surface area (Å²) < 4.78 is 11.1. The van der Waals surface area contributed by atoms with Crippen LogP contribution in [0.25, 0.3) is 0 Å². The second-order valence-corrected chi connectivity index (χ2v) is 2.59. The van der Waals surface area contributed by atoms with Gasteiger partial charge in [-0.05, 0) is 0 Å². The fraction of sp³-hybridized carbons (Fsp3) is 0.500.